The molecule has 1 aliphatic rings. The van der Waals surface area contributed by atoms with Gasteiger partial charge < -0.3 is 15.2 Å². The van der Waals surface area contributed by atoms with Crippen LogP contribution in [0.4, 0.5) is 5.69 Å². The summed E-state index contributed by atoms with van der Waals surface area (Å²) in [6.07, 6.45) is 1.90. The number of carbonyl (C=O) groups excluding carboxylic acids is 2. The van der Waals surface area contributed by atoms with Crippen molar-refractivity contribution in [2.45, 2.75) is 19.9 Å². The van der Waals surface area contributed by atoms with Crippen LogP contribution in [0.1, 0.15) is 17.8 Å². The summed E-state index contributed by atoms with van der Waals surface area (Å²) in [6, 6.07) is 11.5. The van der Waals surface area contributed by atoms with E-state index in [1.165, 1.54) is 0 Å². The molecular formula is C19H19N5O2. The summed E-state index contributed by atoms with van der Waals surface area (Å²) < 4.78 is 0. The van der Waals surface area contributed by atoms with Gasteiger partial charge in [-0.2, -0.15) is 0 Å². The van der Waals surface area contributed by atoms with Crippen LogP contribution in [0.25, 0.3) is 11.2 Å². The number of benzene rings is 1. The predicted octanol–water partition coefficient (Wildman–Crippen LogP) is 1.94. The first kappa shape index (κ1) is 16.3. The molecule has 3 aromatic rings. The van der Waals surface area contributed by atoms with E-state index in [0.717, 1.165) is 16.8 Å². The number of nitrogens with zero attached hydrogens (tertiary/aromatic N) is 3. The summed E-state index contributed by atoms with van der Waals surface area (Å²) in [6.45, 7) is 2.68. The van der Waals surface area contributed by atoms with E-state index in [4.69, 9.17) is 0 Å². The van der Waals surface area contributed by atoms with Gasteiger partial charge in [0.2, 0.25) is 11.8 Å². The van der Waals surface area contributed by atoms with Crippen molar-refractivity contribution in [2.75, 3.05) is 11.4 Å². The van der Waals surface area contributed by atoms with Gasteiger partial charge in [0.15, 0.2) is 5.65 Å². The van der Waals surface area contributed by atoms with Crippen LogP contribution in [0.3, 0.4) is 0 Å². The lowest BCUT2D eigenvalue weighted by Crippen LogP contribution is -2.32. The smallest absolute Gasteiger partial charge is 0.227 e. The number of aryl methyl sites for hydroxylation is 1. The molecule has 4 rings (SSSR count). The van der Waals surface area contributed by atoms with E-state index < -0.39 is 0 Å². The van der Waals surface area contributed by atoms with Crippen LogP contribution in [0.5, 0.6) is 0 Å². The van der Waals surface area contributed by atoms with E-state index >= 15 is 0 Å². The average Bonchev–Trinajstić information content (AvgIpc) is 3.23. The number of aromatic nitrogens is 3. The zero-order valence-electron chi connectivity index (χ0n) is 14.4. The van der Waals surface area contributed by atoms with E-state index in [-0.39, 0.29) is 30.7 Å². The zero-order chi connectivity index (χ0) is 18.1. The van der Waals surface area contributed by atoms with Gasteiger partial charge in [0.05, 0.1) is 18.0 Å². The predicted molar refractivity (Wildman–Crippen MR) is 97.4 cm³/mol. The van der Waals surface area contributed by atoms with Gasteiger partial charge in [-0.1, -0.05) is 17.7 Å². The second-order valence-electron chi connectivity index (χ2n) is 6.52. The Morgan fingerprint density at radius 3 is 2.88 bits per heavy atom. The number of H-pyrrole nitrogens is 1. The van der Waals surface area contributed by atoms with Gasteiger partial charge in [0.1, 0.15) is 5.82 Å². The summed E-state index contributed by atoms with van der Waals surface area (Å²) in [4.78, 5) is 38.0. The topological polar surface area (TPSA) is 91.0 Å². The number of rotatable bonds is 4. The summed E-state index contributed by atoms with van der Waals surface area (Å²) in [5, 5.41) is 2.86. The van der Waals surface area contributed by atoms with Crippen LogP contribution in [-0.2, 0) is 16.1 Å². The SMILES string of the molecule is Cc1ccc(N2CC(C(=O)NCc3nc4ncccc4[nH]3)CC2=O)cc1. The van der Waals surface area contributed by atoms with Gasteiger partial charge in [0.25, 0.3) is 0 Å². The van der Waals surface area contributed by atoms with Gasteiger partial charge in [-0.05, 0) is 31.2 Å². The Hall–Kier alpha value is -3.22. The number of nitrogens with one attached hydrogen (secondary N) is 2. The molecule has 0 aliphatic carbocycles. The minimum atomic E-state index is -0.355. The second-order valence-corrected chi connectivity index (χ2v) is 6.52. The van der Waals surface area contributed by atoms with Gasteiger partial charge in [0, 0.05) is 24.8 Å². The Labute approximate surface area is 150 Å². The number of amides is 2. The van der Waals surface area contributed by atoms with E-state index in [2.05, 4.69) is 20.3 Å². The maximum Gasteiger partial charge on any atom is 0.227 e. The molecule has 1 fully saturated rings. The molecule has 2 amide bonds. The van der Waals surface area contributed by atoms with Crippen molar-refractivity contribution >= 4 is 28.7 Å². The first-order chi connectivity index (χ1) is 12.6. The van der Waals surface area contributed by atoms with Crippen molar-refractivity contribution < 1.29 is 9.59 Å². The first-order valence-corrected chi connectivity index (χ1v) is 8.54. The van der Waals surface area contributed by atoms with E-state index in [9.17, 15) is 9.59 Å². The Balaban J connectivity index is 1.39. The molecular weight excluding hydrogens is 330 g/mol. The molecule has 1 aliphatic heterocycles. The molecule has 1 saturated heterocycles. The van der Waals surface area contributed by atoms with Crippen LogP contribution in [0.15, 0.2) is 42.6 Å². The van der Waals surface area contributed by atoms with E-state index in [1.54, 1.807) is 11.1 Å². The highest BCUT2D eigenvalue weighted by molar-refractivity contribution is 6.00. The largest absolute Gasteiger partial charge is 0.349 e. The summed E-state index contributed by atoms with van der Waals surface area (Å²) in [5.74, 6) is 0.126. The fourth-order valence-electron chi connectivity index (χ4n) is 3.15. The van der Waals surface area contributed by atoms with Crippen molar-refractivity contribution in [3.05, 3.63) is 54.0 Å². The molecule has 0 saturated carbocycles. The van der Waals surface area contributed by atoms with Crippen molar-refractivity contribution in [1.82, 2.24) is 20.3 Å². The lowest BCUT2D eigenvalue weighted by atomic mass is 10.1. The van der Waals surface area contributed by atoms with E-state index in [1.807, 2.05) is 43.3 Å². The van der Waals surface area contributed by atoms with Crippen LogP contribution < -0.4 is 10.2 Å². The second kappa shape index (κ2) is 6.59. The summed E-state index contributed by atoms with van der Waals surface area (Å²) >= 11 is 0. The molecule has 3 heterocycles. The first-order valence-electron chi connectivity index (χ1n) is 8.54. The highest BCUT2D eigenvalue weighted by Gasteiger charge is 2.35. The minimum Gasteiger partial charge on any atom is -0.349 e. The molecule has 0 spiro atoms. The van der Waals surface area contributed by atoms with Gasteiger partial charge in [-0.25, -0.2) is 9.97 Å². The quantitative estimate of drug-likeness (QED) is 0.753. The number of carbonyl (C=O) groups is 2. The number of pyridine rings is 1. The van der Waals surface area contributed by atoms with Gasteiger partial charge in [-0.15, -0.1) is 0 Å². The molecule has 1 aromatic carbocycles. The van der Waals surface area contributed by atoms with Crippen LogP contribution in [0, 0.1) is 12.8 Å². The third-order valence-electron chi connectivity index (χ3n) is 4.58. The van der Waals surface area contributed by atoms with E-state index in [0.29, 0.717) is 18.0 Å². The highest BCUT2D eigenvalue weighted by Crippen LogP contribution is 2.25. The number of imidazole rings is 1. The number of hydrogen-bond acceptors (Lipinski definition) is 4. The zero-order valence-corrected chi connectivity index (χ0v) is 14.4. The van der Waals surface area contributed by atoms with Gasteiger partial charge >= 0.3 is 0 Å². The number of anilines is 1. The monoisotopic (exact) mass is 349 g/mol. The summed E-state index contributed by atoms with van der Waals surface area (Å²) in [5.41, 5.74) is 3.42. The molecule has 7 heteroatoms. The van der Waals surface area contributed by atoms with Crippen LogP contribution in [-0.4, -0.2) is 33.3 Å². The molecule has 7 nitrogen and oxygen atoms in total. The normalized spacial score (nSPS) is 17.0. The maximum absolute atomic E-state index is 12.5. The molecule has 2 N–H and O–H groups in total. The van der Waals surface area contributed by atoms with Crippen molar-refractivity contribution in [1.29, 1.82) is 0 Å². The highest BCUT2D eigenvalue weighted by atomic mass is 16.2. The van der Waals surface area contributed by atoms with Crippen LogP contribution >= 0.6 is 0 Å². The molecule has 2 aromatic heterocycles. The lowest BCUT2D eigenvalue weighted by molar-refractivity contribution is -0.126. The third kappa shape index (κ3) is 3.15. The van der Waals surface area contributed by atoms with Crippen LogP contribution in [0.2, 0.25) is 0 Å². The average molecular weight is 349 g/mol. The third-order valence-corrected chi connectivity index (χ3v) is 4.58. The number of fused-ring (bicyclic) bond motifs is 1. The molecule has 26 heavy (non-hydrogen) atoms. The van der Waals surface area contributed by atoms with Gasteiger partial charge in [-0.3, -0.25) is 9.59 Å². The molecule has 0 bridgehead atoms. The maximum atomic E-state index is 12.5. The van der Waals surface area contributed by atoms with Crippen molar-refractivity contribution in [3.8, 4) is 0 Å². The van der Waals surface area contributed by atoms with Crippen molar-refractivity contribution in [2.24, 2.45) is 5.92 Å². The number of hydrogen-bond donors (Lipinski definition) is 2. The standard InChI is InChI=1S/C19H19N5O2/c1-12-4-6-14(7-5-12)24-11-13(9-17(24)25)19(26)21-10-16-22-15-3-2-8-20-18(15)23-16/h2-8,13H,9-11H2,1H3,(H,21,26)(H,20,22,23). The fraction of sp³-hybridized carbons (Fsp3) is 0.263. The number of aromatic amines is 1. The fourth-order valence-corrected chi connectivity index (χ4v) is 3.15. The Morgan fingerprint density at radius 1 is 1.31 bits per heavy atom. The minimum absolute atomic E-state index is 0.0260. The molecule has 1 unspecified atom stereocenters. The Morgan fingerprint density at radius 2 is 2.12 bits per heavy atom. The molecule has 1 atom stereocenters. The van der Waals surface area contributed by atoms with Crippen molar-refractivity contribution in [3.63, 3.8) is 0 Å². The molecule has 132 valence electrons. The molecule has 0 radical (unpaired) electrons. The Kier molecular flexibility index (Phi) is 4.12. The summed E-state index contributed by atoms with van der Waals surface area (Å²) in [7, 11) is 0. The Bertz CT molecular complexity index is 930. The lowest BCUT2D eigenvalue weighted by Gasteiger charge is -2.16.